The predicted octanol–water partition coefficient (Wildman–Crippen LogP) is 4.06. The lowest BCUT2D eigenvalue weighted by Gasteiger charge is -2.28. The molecule has 1 fully saturated rings. The van der Waals surface area contributed by atoms with Gasteiger partial charge in [0, 0.05) is 22.6 Å². The van der Waals surface area contributed by atoms with Crippen molar-refractivity contribution >= 4 is 10.9 Å². The van der Waals surface area contributed by atoms with Gasteiger partial charge in [-0.1, -0.05) is 37.5 Å². The van der Waals surface area contributed by atoms with E-state index in [9.17, 15) is 0 Å². The average Bonchev–Trinajstić information content (AvgIpc) is 2.75. The predicted molar refractivity (Wildman–Crippen MR) is 76.5 cm³/mol. The van der Waals surface area contributed by atoms with Crippen molar-refractivity contribution in [3.63, 3.8) is 0 Å². The summed E-state index contributed by atoms with van der Waals surface area (Å²) in [5, 5.41) is 1.31. The van der Waals surface area contributed by atoms with Gasteiger partial charge in [0.25, 0.3) is 0 Å². The number of aryl methyl sites for hydroxylation is 1. The lowest BCUT2D eigenvalue weighted by molar-refractivity contribution is 0.308. The SMILES string of the molecule is Cc1[nH]c2ccccc2c1[C@H](N)C1CCCCC1. The summed E-state index contributed by atoms with van der Waals surface area (Å²) in [7, 11) is 0. The third kappa shape index (κ3) is 1.95. The molecule has 0 aliphatic heterocycles. The van der Waals surface area contributed by atoms with Crippen LogP contribution in [0.15, 0.2) is 24.3 Å². The van der Waals surface area contributed by atoms with Gasteiger partial charge in [-0.15, -0.1) is 0 Å². The molecular formula is C16H22N2. The van der Waals surface area contributed by atoms with Gasteiger partial charge < -0.3 is 10.7 Å². The Morgan fingerprint density at radius 2 is 1.89 bits per heavy atom. The highest BCUT2D eigenvalue weighted by atomic mass is 14.8. The first-order valence-electron chi connectivity index (χ1n) is 7.10. The normalized spacial score (nSPS) is 19.2. The van der Waals surface area contributed by atoms with Gasteiger partial charge in [0.1, 0.15) is 0 Å². The Bertz CT molecular complexity index is 535. The van der Waals surface area contributed by atoms with Gasteiger partial charge in [-0.3, -0.25) is 0 Å². The quantitative estimate of drug-likeness (QED) is 0.819. The molecule has 1 saturated carbocycles. The smallest absolute Gasteiger partial charge is 0.0459 e. The van der Waals surface area contributed by atoms with E-state index in [0.29, 0.717) is 5.92 Å². The molecule has 0 saturated heterocycles. The lowest BCUT2D eigenvalue weighted by atomic mass is 9.81. The molecule has 96 valence electrons. The zero-order valence-electron chi connectivity index (χ0n) is 11.1. The number of rotatable bonds is 2. The summed E-state index contributed by atoms with van der Waals surface area (Å²) in [6, 6.07) is 8.71. The molecule has 0 radical (unpaired) electrons. The molecule has 0 spiro atoms. The Hall–Kier alpha value is -1.28. The minimum atomic E-state index is 0.196. The Morgan fingerprint density at radius 3 is 2.67 bits per heavy atom. The van der Waals surface area contributed by atoms with Gasteiger partial charge >= 0.3 is 0 Å². The van der Waals surface area contributed by atoms with Gasteiger partial charge in [-0.2, -0.15) is 0 Å². The summed E-state index contributed by atoms with van der Waals surface area (Å²) in [5.74, 6) is 0.664. The molecule has 1 atom stereocenters. The summed E-state index contributed by atoms with van der Waals surface area (Å²) in [5.41, 5.74) is 10.4. The van der Waals surface area contributed by atoms with E-state index >= 15 is 0 Å². The molecule has 1 heterocycles. The molecule has 2 heteroatoms. The maximum atomic E-state index is 6.56. The van der Waals surface area contributed by atoms with Crippen molar-refractivity contribution in [1.29, 1.82) is 0 Å². The number of para-hydroxylation sites is 1. The van der Waals surface area contributed by atoms with Crippen LogP contribution in [0, 0.1) is 12.8 Å². The van der Waals surface area contributed by atoms with Crippen LogP contribution in [0.3, 0.4) is 0 Å². The van der Waals surface area contributed by atoms with E-state index in [1.54, 1.807) is 0 Å². The van der Waals surface area contributed by atoms with Crippen LogP contribution < -0.4 is 5.73 Å². The van der Waals surface area contributed by atoms with Crippen molar-refractivity contribution in [1.82, 2.24) is 4.98 Å². The second-order valence-corrected chi connectivity index (χ2v) is 5.63. The van der Waals surface area contributed by atoms with Crippen LogP contribution in [-0.2, 0) is 0 Å². The first-order chi connectivity index (χ1) is 8.77. The van der Waals surface area contributed by atoms with Crippen LogP contribution in [0.2, 0.25) is 0 Å². The highest BCUT2D eigenvalue weighted by Crippen LogP contribution is 2.37. The highest BCUT2D eigenvalue weighted by molar-refractivity contribution is 5.85. The molecule has 1 aromatic heterocycles. The van der Waals surface area contributed by atoms with E-state index in [2.05, 4.69) is 36.2 Å². The molecule has 0 unspecified atom stereocenters. The Balaban J connectivity index is 1.99. The summed E-state index contributed by atoms with van der Waals surface area (Å²) in [6.45, 7) is 2.15. The van der Waals surface area contributed by atoms with Crippen molar-refractivity contribution in [2.45, 2.75) is 45.1 Å². The minimum absolute atomic E-state index is 0.196. The molecular weight excluding hydrogens is 220 g/mol. The largest absolute Gasteiger partial charge is 0.358 e. The van der Waals surface area contributed by atoms with Crippen molar-refractivity contribution < 1.29 is 0 Å². The molecule has 1 aliphatic rings. The zero-order valence-corrected chi connectivity index (χ0v) is 11.1. The second kappa shape index (κ2) is 4.77. The molecule has 18 heavy (non-hydrogen) atoms. The Morgan fingerprint density at radius 1 is 1.17 bits per heavy atom. The number of H-pyrrole nitrogens is 1. The fraction of sp³-hybridized carbons (Fsp3) is 0.500. The Labute approximate surface area is 109 Å². The number of aromatic amines is 1. The standard InChI is InChI=1S/C16H22N2/c1-11-15(13-9-5-6-10-14(13)18-11)16(17)12-7-3-2-4-8-12/h5-6,9-10,12,16,18H,2-4,7-8,17H2,1H3/t16-/m1/s1. The maximum absolute atomic E-state index is 6.56. The number of fused-ring (bicyclic) bond motifs is 1. The van der Waals surface area contributed by atoms with Crippen molar-refractivity contribution in [3.05, 3.63) is 35.5 Å². The summed E-state index contributed by atoms with van der Waals surface area (Å²) >= 11 is 0. The fourth-order valence-electron chi connectivity index (χ4n) is 3.46. The van der Waals surface area contributed by atoms with E-state index in [-0.39, 0.29) is 6.04 Å². The zero-order chi connectivity index (χ0) is 12.5. The highest BCUT2D eigenvalue weighted by Gasteiger charge is 2.25. The molecule has 1 aliphatic carbocycles. The van der Waals surface area contributed by atoms with E-state index in [1.807, 2.05) is 0 Å². The summed E-state index contributed by atoms with van der Waals surface area (Å²) < 4.78 is 0. The monoisotopic (exact) mass is 242 g/mol. The van der Waals surface area contributed by atoms with Gasteiger partial charge in [-0.05, 0) is 37.3 Å². The van der Waals surface area contributed by atoms with Crippen molar-refractivity contribution in [2.75, 3.05) is 0 Å². The van der Waals surface area contributed by atoms with Crippen molar-refractivity contribution in [2.24, 2.45) is 11.7 Å². The van der Waals surface area contributed by atoms with Crippen molar-refractivity contribution in [3.8, 4) is 0 Å². The molecule has 2 aromatic rings. The number of nitrogens with two attached hydrogens (primary N) is 1. The van der Waals surface area contributed by atoms with Crippen LogP contribution in [-0.4, -0.2) is 4.98 Å². The maximum Gasteiger partial charge on any atom is 0.0459 e. The molecule has 0 amide bonds. The Kier molecular flexibility index (Phi) is 3.13. The number of nitrogens with one attached hydrogen (secondary N) is 1. The third-order valence-corrected chi connectivity index (χ3v) is 4.43. The average molecular weight is 242 g/mol. The van der Waals surface area contributed by atoms with E-state index < -0.39 is 0 Å². The van der Waals surface area contributed by atoms with Crippen LogP contribution in [0.5, 0.6) is 0 Å². The number of aromatic nitrogens is 1. The van der Waals surface area contributed by atoms with Crippen LogP contribution >= 0.6 is 0 Å². The van der Waals surface area contributed by atoms with Gasteiger partial charge in [0.2, 0.25) is 0 Å². The lowest BCUT2D eigenvalue weighted by Crippen LogP contribution is -2.24. The minimum Gasteiger partial charge on any atom is -0.358 e. The van der Waals surface area contributed by atoms with Crippen LogP contribution in [0.4, 0.5) is 0 Å². The van der Waals surface area contributed by atoms with Gasteiger partial charge in [-0.25, -0.2) is 0 Å². The molecule has 3 rings (SSSR count). The third-order valence-electron chi connectivity index (χ3n) is 4.43. The van der Waals surface area contributed by atoms with E-state index in [4.69, 9.17) is 5.73 Å². The van der Waals surface area contributed by atoms with Crippen LogP contribution in [0.25, 0.3) is 10.9 Å². The first kappa shape index (κ1) is 11.8. The molecule has 0 bridgehead atoms. The number of hydrogen-bond acceptors (Lipinski definition) is 1. The van der Waals surface area contributed by atoms with E-state index in [1.165, 1.54) is 54.3 Å². The number of hydrogen-bond donors (Lipinski definition) is 2. The topological polar surface area (TPSA) is 41.8 Å². The fourth-order valence-corrected chi connectivity index (χ4v) is 3.46. The summed E-state index contributed by atoms with van der Waals surface area (Å²) in [6.07, 6.45) is 6.66. The molecule has 3 N–H and O–H groups in total. The van der Waals surface area contributed by atoms with E-state index in [0.717, 1.165) is 0 Å². The summed E-state index contributed by atoms with van der Waals surface area (Å²) in [4.78, 5) is 3.47. The first-order valence-corrected chi connectivity index (χ1v) is 7.10. The van der Waals surface area contributed by atoms with Gasteiger partial charge in [0.15, 0.2) is 0 Å². The van der Waals surface area contributed by atoms with Gasteiger partial charge in [0.05, 0.1) is 0 Å². The second-order valence-electron chi connectivity index (χ2n) is 5.63. The van der Waals surface area contributed by atoms with Crippen LogP contribution in [0.1, 0.15) is 49.4 Å². The number of benzene rings is 1. The molecule has 2 nitrogen and oxygen atoms in total. The molecule has 1 aromatic carbocycles.